The average molecular weight is 337 g/mol. The summed E-state index contributed by atoms with van der Waals surface area (Å²) < 4.78 is 18.7. The van der Waals surface area contributed by atoms with Gasteiger partial charge in [-0.2, -0.15) is 0 Å². The molecule has 7 heteroatoms. The summed E-state index contributed by atoms with van der Waals surface area (Å²) in [5, 5.41) is 0.210. The number of piperazine rings is 1. The Kier molecular flexibility index (Phi) is 4.93. The smallest absolute Gasteiger partial charge is 0.224 e. The first-order valence-corrected chi connectivity index (χ1v) is 7.96. The molecule has 2 aromatic rings. The Morgan fingerprint density at radius 3 is 2.65 bits per heavy atom. The minimum atomic E-state index is -0.403. The normalized spacial score (nSPS) is 15.7. The lowest BCUT2D eigenvalue weighted by Crippen LogP contribution is -2.46. The number of anilines is 1. The molecule has 1 aliphatic rings. The molecule has 0 spiro atoms. The van der Waals surface area contributed by atoms with Gasteiger partial charge >= 0.3 is 0 Å². The predicted molar refractivity (Wildman–Crippen MR) is 87.8 cm³/mol. The van der Waals surface area contributed by atoms with E-state index in [0.717, 1.165) is 38.5 Å². The SMILES string of the molecule is CCN1CCN(c2cc(Oc3ccc(F)cc3Cl)ncn2)CC1. The summed E-state index contributed by atoms with van der Waals surface area (Å²) in [7, 11) is 0. The third-order valence-electron chi connectivity index (χ3n) is 3.88. The van der Waals surface area contributed by atoms with Crippen molar-refractivity contribution in [3.8, 4) is 11.6 Å². The first kappa shape index (κ1) is 16.0. The van der Waals surface area contributed by atoms with Crippen molar-refractivity contribution >= 4 is 17.4 Å². The van der Waals surface area contributed by atoms with E-state index in [1.54, 1.807) is 6.07 Å². The van der Waals surface area contributed by atoms with Crippen LogP contribution in [0.15, 0.2) is 30.6 Å². The molecule has 1 aliphatic heterocycles. The summed E-state index contributed by atoms with van der Waals surface area (Å²) >= 11 is 5.98. The number of hydrogen-bond acceptors (Lipinski definition) is 5. The number of halogens is 2. The van der Waals surface area contributed by atoms with E-state index in [-0.39, 0.29) is 5.02 Å². The van der Waals surface area contributed by atoms with E-state index >= 15 is 0 Å². The molecule has 5 nitrogen and oxygen atoms in total. The number of rotatable bonds is 4. The highest BCUT2D eigenvalue weighted by Crippen LogP contribution is 2.29. The monoisotopic (exact) mass is 336 g/mol. The lowest BCUT2D eigenvalue weighted by atomic mass is 10.3. The van der Waals surface area contributed by atoms with E-state index in [1.807, 2.05) is 0 Å². The molecule has 23 heavy (non-hydrogen) atoms. The van der Waals surface area contributed by atoms with Crippen molar-refractivity contribution in [3.05, 3.63) is 41.4 Å². The van der Waals surface area contributed by atoms with Gasteiger partial charge in [0.05, 0.1) is 5.02 Å². The van der Waals surface area contributed by atoms with Crippen LogP contribution in [0.1, 0.15) is 6.92 Å². The van der Waals surface area contributed by atoms with Crippen LogP contribution in [0.4, 0.5) is 10.2 Å². The zero-order valence-electron chi connectivity index (χ0n) is 12.9. The molecular formula is C16H18ClFN4O. The maximum absolute atomic E-state index is 13.1. The summed E-state index contributed by atoms with van der Waals surface area (Å²) in [6, 6.07) is 5.77. The summed E-state index contributed by atoms with van der Waals surface area (Å²) in [6.45, 7) is 7.10. The topological polar surface area (TPSA) is 41.5 Å². The van der Waals surface area contributed by atoms with Gasteiger partial charge in [-0.3, -0.25) is 0 Å². The van der Waals surface area contributed by atoms with Crippen LogP contribution in [0.3, 0.4) is 0 Å². The fourth-order valence-electron chi connectivity index (χ4n) is 2.52. The first-order valence-electron chi connectivity index (χ1n) is 7.58. The molecule has 3 rings (SSSR count). The molecule has 122 valence electrons. The Morgan fingerprint density at radius 1 is 1.17 bits per heavy atom. The Hall–Kier alpha value is -1.92. The first-order chi connectivity index (χ1) is 11.2. The Morgan fingerprint density at radius 2 is 1.96 bits per heavy atom. The lowest BCUT2D eigenvalue weighted by molar-refractivity contribution is 0.270. The summed E-state index contributed by atoms with van der Waals surface area (Å²) in [5.41, 5.74) is 0. The van der Waals surface area contributed by atoms with Gasteiger partial charge in [-0.1, -0.05) is 18.5 Å². The van der Waals surface area contributed by atoms with Crippen LogP contribution in [-0.4, -0.2) is 47.6 Å². The Bertz CT molecular complexity index is 677. The van der Waals surface area contributed by atoms with Crippen LogP contribution in [-0.2, 0) is 0 Å². The number of likely N-dealkylation sites (N-methyl/N-ethyl adjacent to an activating group) is 1. The molecule has 0 radical (unpaired) electrons. The fraction of sp³-hybridized carbons (Fsp3) is 0.375. The van der Waals surface area contributed by atoms with Crippen LogP contribution in [0.2, 0.25) is 5.02 Å². The van der Waals surface area contributed by atoms with Gasteiger partial charge in [0.25, 0.3) is 0 Å². The predicted octanol–water partition coefficient (Wildman–Crippen LogP) is 3.20. The van der Waals surface area contributed by atoms with Crippen molar-refractivity contribution in [2.45, 2.75) is 6.92 Å². The van der Waals surface area contributed by atoms with E-state index in [4.69, 9.17) is 16.3 Å². The second kappa shape index (κ2) is 7.10. The van der Waals surface area contributed by atoms with Gasteiger partial charge in [0.2, 0.25) is 5.88 Å². The maximum Gasteiger partial charge on any atom is 0.224 e. The summed E-state index contributed by atoms with van der Waals surface area (Å²) in [5.74, 6) is 1.18. The van der Waals surface area contributed by atoms with Gasteiger partial charge in [-0.25, -0.2) is 14.4 Å². The van der Waals surface area contributed by atoms with Crippen LogP contribution in [0, 0.1) is 5.82 Å². The minimum Gasteiger partial charge on any atom is -0.437 e. The molecule has 0 N–H and O–H groups in total. The van der Waals surface area contributed by atoms with Crippen molar-refractivity contribution in [1.82, 2.24) is 14.9 Å². The highest BCUT2D eigenvalue weighted by Gasteiger charge is 2.17. The quantitative estimate of drug-likeness (QED) is 0.857. The third-order valence-corrected chi connectivity index (χ3v) is 4.17. The van der Waals surface area contributed by atoms with Crippen molar-refractivity contribution in [1.29, 1.82) is 0 Å². The second-order valence-corrected chi connectivity index (χ2v) is 5.72. The Labute approximate surface area is 139 Å². The van der Waals surface area contributed by atoms with Gasteiger partial charge in [-0.05, 0) is 24.7 Å². The van der Waals surface area contributed by atoms with E-state index < -0.39 is 5.82 Å². The highest BCUT2D eigenvalue weighted by molar-refractivity contribution is 6.32. The second-order valence-electron chi connectivity index (χ2n) is 5.31. The van der Waals surface area contributed by atoms with Crippen LogP contribution in [0.25, 0.3) is 0 Å². The number of benzene rings is 1. The fourth-order valence-corrected chi connectivity index (χ4v) is 2.73. The lowest BCUT2D eigenvalue weighted by Gasteiger charge is -2.34. The van der Waals surface area contributed by atoms with E-state index in [1.165, 1.54) is 24.5 Å². The molecule has 0 amide bonds. The maximum atomic E-state index is 13.1. The van der Waals surface area contributed by atoms with Crippen LogP contribution < -0.4 is 9.64 Å². The molecule has 1 aromatic heterocycles. The number of nitrogens with zero attached hydrogens (tertiary/aromatic N) is 4. The minimum absolute atomic E-state index is 0.210. The van der Waals surface area contributed by atoms with Crippen molar-refractivity contribution in [2.24, 2.45) is 0 Å². The molecule has 0 saturated carbocycles. The average Bonchev–Trinajstić information content (AvgIpc) is 2.58. The molecule has 1 saturated heterocycles. The van der Waals surface area contributed by atoms with Gasteiger partial charge in [0.15, 0.2) is 0 Å². The molecule has 0 unspecified atom stereocenters. The van der Waals surface area contributed by atoms with Gasteiger partial charge in [0.1, 0.15) is 23.7 Å². The van der Waals surface area contributed by atoms with E-state index in [9.17, 15) is 4.39 Å². The van der Waals surface area contributed by atoms with Crippen LogP contribution >= 0.6 is 11.6 Å². The molecule has 0 bridgehead atoms. The third kappa shape index (κ3) is 3.89. The van der Waals surface area contributed by atoms with Gasteiger partial charge < -0.3 is 14.5 Å². The number of aromatic nitrogens is 2. The van der Waals surface area contributed by atoms with Crippen molar-refractivity contribution < 1.29 is 9.13 Å². The molecule has 0 atom stereocenters. The number of hydrogen-bond donors (Lipinski definition) is 0. The molecule has 0 aliphatic carbocycles. The standard InChI is InChI=1S/C16H18ClFN4O/c1-2-21-5-7-22(8-6-21)15-10-16(20-11-19-15)23-14-4-3-12(18)9-13(14)17/h3-4,9-11H,2,5-8H2,1H3. The largest absolute Gasteiger partial charge is 0.437 e. The molecular weight excluding hydrogens is 319 g/mol. The Balaban J connectivity index is 1.72. The van der Waals surface area contributed by atoms with Crippen molar-refractivity contribution in [2.75, 3.05) is 37.6 Å². The summed E-state index contributed by atoms with van der Waals surface area (Å²) in [6.07, 6.45) is 1.47. The molecule has 2 heterocycles. The molecule has 1 fully saturated rings. The van der Waals surface area contributed by atoms with Gasteiger partial charge in [0, 0.05) is 32.2 Å². The zero-order valence-corrected chi connectivity index (χ0v) is 13.6. The number of ether oxygens (including phenoxy) is 1. The zero-order chi connectivity index (χ0) is 16.2. The highest BCUT2D eigenvalue weighted by atomic mass is 35.5. The summed E-state index contributed by atoms with van der Waals surface area (Å²) in [4.78, 5) is 13.0. The van der Waals surface area contributed by atoms with E-state index in [0.29, 0.717) is 11.6 Å². The van der Waals surface area contributed by atoms with E-state index in [2.05, 4.69) is 26.7 Å². The van der Waals surface area contributed by atoms with Gasteiger partial charge in [-0.15, -0.1) is 0 Å². The van der Waals surface area contributed by atoms with Crippen molar-refractivity contribution in [3.63, 3.8) is 0 Å². The van der Waals surface area contributed by atoms with Crippen LogP contribution in [0.5, 0.6) is 11.6 Å². The molecule has 1 aromatic carbocycles.